The Morgan fingerprint density at radius 3 is 2.40 bits per heavy atom. The Balaban J connectivity index is 2.49. The lowest BCUT2D eigenvalue weighted by molar-refractivity contribution is 0.0698. The van der Waals surface area contributed by atoms with Crippen LogP contribution in [0.4, 0.5) is 21.5 Å². The number of carboxylic acid groups (broad SMARTS) is 1. The van der Waals surface area contributed by atoms with Gasteiger partial charge in [-0.15, -0.1) is 0 Å². The van der Waals surface area contributed by atoms with E-state index in [1.807, 2.05) is 0 Å². The lowest BCUT2D eigenvalue weighted by atomic mass is 10.1. The van der Waals surface area contributed by atoms with Gasteiger partial charge >= 0.3 is 5.97 Å². The van der Waals surface area contributed by atoms with Gasteiger partial charge in [-0.2, -0.15) is 0 Å². The van der Waals surface area contributed by atoms with Crippen molar-refractivity contribution in [3.63, 3.8) is 0 Å². The molecule has 0 aromatic heterocycles. The first-order valence-corrected chi connectivity index (χ1v) is 7.02. The van der Waals surface area contributed by atoms with Crippen LogP contribution in [0.15, 0.2) is 39.3 Å². The van der Waals surface area contributed by atoms with Crippen LogP contribution >= 0.6 is 31.9 Å². The quantitative estimate of drug-likeness (QED) is 0.665. The van der Waals surface area contributed by atoms with Crippen molar-refractivity contribution < 1.29 is 14.3 Å². The van der Waals surface area contributed by atoms with E-state index in [0.29, 0.717) is 14.6 Å². The molecule has 4 nitrogen and oxygen atoms in total. The van der Waals surface area contributed by atoms with Crippen LogP contribution in [0.1, 0.15) is 10.4 Å². The molecule has 0 radical (unpaired) electrons. The first kappa shape index (κ1) is 14.8. The smallest absolute Gasteiger partial charge is 0.337 e. The third-order valence-corrected chi connectivity index (χ3v) is 3.91. The van der Waals surface area contributed by atoms with E-state index < -0.39 is 11.8 Å². The fraction of sp³-hybridized carbons (Fsp3) is 0. The average Bonchev–Trinajstić information content (AvgIpc) is 2.35. The highest BCUT2D eigenvalue weighted by molar-refractivity contribution is 9.11. The van der Waals surface area contributed by atoms with Gasteiger partial charge in [0.1, 0.15) is 5.82 Å². The third-order valence-electron chi connectivity index (χ3n) is 2.59. The topological polar surface area (TPSA) is 75.3 Å². The number of carboxylic acids is 1. The maximum absolute atomic E-state index is 13.9. The van der Waals surface area contributed by atoms with Gasteiger partial charge in [0.05, 0.1) is 16.9 Å². The van der Waals surface area contributed by atoms with Gasteiger partial charge in [0.2, 0.25) is 0 Å². The molecule has 0 amide bonds. The van der Waals surface area contributed by atoms with E-state index in [1.54, 1.807) is 18.2 Å². The number of nitrogens with two attached hydrogens (primary N) is 1. The molecular formula is C13H9Br2FN2O2. The lowest BCUT2D eigenvalue weighted by Gasteiger charge is -2.13. The average molecular weight is 404 g/mol. The minimum Gasteiger partial charge on any atom is -0.478 e. The summed E-state index contributed by atoms with van der Waals surface area (Å²) >= 11 is 6.67. The van der Waals surface area contributed by atoms with Crippen molar-refractivity contribution in [3.05, 3.63) is 50.7 Å². The van der Waals surface area contributed by atoms with E-state index in [9.17, 15) is 9.18 Å². The molecular weight excluding hydrogens is 395 g/mol. The highest BCUT2D eigenvalue weighted by Gasteiger charge is 2.15. The number of anilines is 3. The van der Waals surface area contributed by atoms with Crippen LogP contribution < -0.4 is 11.1 Å². The summed E-state index contributed by atoms with van der Waals surface area (Å²) in [6, 6.07) is 7.51. The summed E-state index contributed by atoms with van der Waals surface area (Å²) in [5.41, 5.74) is 5.82. The van der Waals surface area contributed by atoms with Crippen molar-refractivity contribution in [2.24, 2.45) is 0 Å². The van der Waals surface area contributed by atoms with Crippen molar-refractivity contribution in [3.8, 4) is 0 Å². The number of benzene rings is 2. The molecule has 0 unspecified atom stereocenters. The molecule has 0 atom stereocenters. The van der Waals surface area contributed by atoms with Crippen LogP contribution in [0.3, 0.4) is 0 Å². The van der Waals surface area contributed by atoms with Crippen molar-refractivity contribution in [2.45, 2.75) is 0 Å². The van der Waals surface area contributed by atoms with Gasteiger partial charge in [-0.3, -0.25) is 0 Å². The van der Waals surface area contributed by atoms with Gasteiger partial charge in [-0.05, 0) is 56.1 Å². The minimum absolute atomic E-state index is 0.0317. The minimum atomic E-state index is -1.21. The van der Waals surface area contributed by atoms with Crippen LogP contribution in [0.5, 0.6) is 0 Å². The highest BCUT2D eigenvalue weighted by Crippen LogP contribution is 2.34. The van der Waals surface area contributed by atoms with Crippen LogP contribution in [0.25, 0.3) is 0 Å². The van der Waals surface area contributed by atoms with Gasteiger partial charge in [0.15, 0.2) is 0 Å². The fourth-order valence-electron chi connectivity index (χ4n) is 1.62. The summed E-state index contributed by atoms with van der Waals surface area (Å²) in [5.74, 6) is -1.84. The summed E-state index contributed by atoms with van der Waals surface area (Å²) in [5, 5.41) is 11.9. The van der Waals surface area contributed by atoms with E-state index in [2.05, 4.69) is 37.2 Å². The summed E-state index contributed by atoms with van der Waals surface area (Å²) in [6.07, 6.45) is 0. The van der Waals surface area contributed by atoms with Gasteiger partial charge < -0.3 is 16.2 Å². The molecule has 0 bridgehead atoms. The zero-order valence-corrected chi connectivity index (χ0v) is 13.1. The van der Waals surface area contributed by atoms with Crippen molar-refractivity contribution in [1.29, 1.82) is 0 Å². The summed E-state index contributed by atoms with van der Waals surface area (Å²) < 4.78 is 15.3. The van der Waals surface area contributed by atoms with E-state index in [4.69, 9.17) is 10.8 Å². The van der Waals surface area contributed by atoms with Gasteiger partial charge in [-0.25, -0.2) is 9.18 Å². The molecule has 104 valence electrons. The van der Waals surface area contributed by atoms with Gasteiger partial charge in [-0.1, -0.05) is 6.07 Å². The van der Waals surface area contributed by atoms with Crippen LogP contribution in [0.2, 0.25) is 0 Å². The largest absolute Gasteiger partial charge is 0.478 e. The molecule has 2 rings (SSSR count). The molecule has 0 aliphatic rings. The Bertz CT molecular complexity index is 672. The predicted molar refractivity (Wildman–Crippen MR) is 82.9 cm³/mol. The SMILES string of the molecule is Nc1cc(F)c(Nc2c(Br)cccc2Br)cc1C(=O)O. The monoisotopic (exact) mass is 402 g/mol. The molecule has 0 aliphatic carbocycles. The number of nitrogen functional groups attached to an aromatic ring is 1. The number of rotatable bonds is 3. The zero-order chi connectivity index (χ0) is 14.9. The second kappa shape index (κ2) is 5.80. The second-order valence-corrected chi connectivity index (χ2v) is 5.65. The van der Waals surface area contributed by atoms with Crippen molar-refractivity contribution >= 4 is 54.9 Å². The summed E-state index contributed by atoms with van der Waals surface area (Å²) in [7, 11) is 0. The Kier molecular flexibility index (Phi) is 4.29. The molecule has 4 N–H and O–H groups in total. The van der Waals surface area contributed by atoms with Crippen molar-refractivity contribution in [1.82, 2.24) is 0 Å². The molecule has 0 spiro atoms. The number of hydrogen-bond acceptors (Lipinski definition) is 3. The molecule has 7 heteroatoms. The van der Waals surface area contributed by atoms with Gasteiger partial charge in [0, 0.05) is 14.6 Å². The Hall–Kier alpha value is -1.60. The number of nitrogens with one attached hydrogen (secondary N) is 1. The molecule has 0 saturated heterocycles. The van der Waals surface area contributed by atoms with E-state index in [0.717, 1.165) is 6.07 Å². The fourth-order valence-corrected chi connectivity index (χ4v) is 2.82. The molecule has 0 aliphatic heterocycles. The second-order valence-electron chi connectivity index (χ2n) is 3.95. The number of para-hydroxylation sites is 1. The molecule has 20 heavy (non-hydrogen) atoms. The number of hydrogen-bond donors (Lipinski definition) is 3. The highest BCUT2D eigenvalue weighted by atomic mass is 79.9. The lowest BCUT2D eigenvalue weighted by Crippen LogP contribution is -2.05. The Labute approximate surface area is 131 Å². The van der Waals surface area contributed by atoms with Crippen molar-refractivity contribution in [2.75, 3.05) is 11.1 Å². The van der Waals surface area contributed by atoms with E-state index >= 15 is 0 Å². The van der Waals surface area contributed by atoms with E-state index in [-0.39, 0.29) is 16.9 Å². The predicted octanol–water partition coefficient (Wildman–Crippen LogP) is 4.37. The Morgan fingerprint density at radius 2 is 1.85 bits per heavy atom. The first-order chi connectivity index (χ1) is 9.40. The first-order valence-electron chi connectivity index (χ1n) is 5.43. The standard InChI is InChI=1S/C13H9Br2FN2O2/c14-7-2-1-3-8(15)12(7)18-11-4-6(13(19)20)10(17)5-9(11)16/h1-5,18H,17H2,(H,19,20). The van der Waals surface area contributed by atoms with Crippen LogP contribution in [-0.2, 0) is 0 Å². The maximum atomic E-state index is 13.9. The summed E-state index contributed by atoms with van der Waals surface area (Å²) in [4.78, 5) is 11.0. The molecule has 2 aromatic rings. The number of aromatic carboxylic acids is 1. The maximum Gasteiger partial charge on any atom is 0.337 e. The van der Waals surface area contributed by atoms with Crippen LogP contribution in [-0.4, -0.2) is 11.1 Å². The Morgan fingerprint density at radius 1 is 1.25 bits per heavy atom. The normalized spacial score (nSPS) is 10.3. The molecule has 0 fully saturated rings. The number of carbonyl (C=O) groups is 1. The zero-order valence-electron chi connectivity index (χ0n) is 9.95. The van der Waals surface area contributed by atoms with Crippen LogP contribution in [0, 0.1) is 5.82 Å². The molecule has 2 aromatic carbocycles. The molecule has 0 heterocycles. The molecule has 0 saturated carbocycles. The summed E-state index contributed by atoms with van der Waals surface area (Å²) in [6.45, 7) is 0. The number of halogens is 3. The third kappa shape index (κ3) is 2.94. The van der Waals surface area contributed by atoms with Gasteiger partial charge in [0.25, 0.3) is 0 Å². The van der Waals surface area contributed by atoms with E-state index in [1.165, 1.54) is 6.07 Å².